The van der Waals surface area contributed by atoms with Crippen molar-refractivity contribution in [1.82, 2.24) is 14.9 Å². The molecular weight excluding hydrogens is 518 g/mol. The molecule has 0 saturated heterocycles. The Morgan fingerprint density at radius 1 is 1.15 bits per heavy atom. The molecule has 0 aliphatic heterocycles. The van der Waals surface area contributed by atoms with Gasteiger partial charge in [0.2, 0.25) is 5.88 Å². The van der Waals surface area contributed by atoms with Crippen LogP contribution in [0.15, 0.2) is 45.7 Å². The number of carbonyl (C=O) groups excluding carboxylic acids is 2. The van der Waals surface area contributed by atoms with Crippen LogP contribution in [-0.4, -0.2) is 28.6 Å². The predicted molar refractivity (Wildman–Crippen MR) is 121 cm³/mol. The molecule has 3 aromatic rings. The molecule has 0 bridgehead atoms. The fourth-order valence-corrected chi connectivity index (χ4v) is 3.46. The van der Waals surface area contributed by atoms with Gasteiger partial charge < -0.3 is 20.5 Å². The van der Waals surface area contributed by atoms with E-state index >= 15 is 0 Å². The number of carbonyl (C=O) groups is 2. The van der Waals surface area contributed by atoms with E-state index in [0.717, 1.165) is 12.1 Å². The Morgan fingerprint density at radius 2 is 1.85 bits per heavy atom. The Labute approximate surface area is 200 Å². The van der Waals surface area contributed by atoms with Crippen molar-refractivity contribution < 1.29 is 27.8 Å². The zero-order valence-electron chi connectivity index (χ0n) is 18.0. The second-order valence-electron chi connectivity index (χ2n) is 6.97. The van der Waals surface area contributed by atoms with Crippen LogP contribution in [0, 0.1) is 18.6 Å². The third-order valence-corrected chi connectivity index (χ3v) is 5.41. The second kappa shape index (κ2) is 10.4. The van der Waals surface area contributed by atoms with E-state index in [2.05, 4.69) is 26.2 Å². The van der Waals surface area contributed by atoms with Gasteiger partial charge in [-0.3, -0.25) is 14.2 Å². The van der Waals surface area contributed by atoms with Crippen LogP contribution in [0.1, 0.15) is 27.3 Å². The van der Waals surface area contributed by atoms with E-state index in [1.165, 1.54) is 42.8 Å². The number of benzene rings is 2. The smallest absolute Gasteiger partial charge is 0.404 e. The van der Waals surface area contributed by atoms with Crippen LogP contribution in [0.3, 0.4) is 0 Å². The minimum absolute atomic E-state index is 0.0705. The second-order valence-corrected chi connectivity index (χ2v) is 7.77. The van der Waals surface area contributed by atoms with Gasteiger partial charge in [0.25, 0.3) is 11.5 Å². The lowest BCUT2D eigenvalue weighted by molar-refractivity contribution is 0.0962. The summed E-state index contributed by atoms with van der Waals surface area (Å²) in [5, 5.41) is 2.49. The maximum absolute atomic E-state index is 13.9. The number of aromatic nitrogens is 2. The minimum Gasteiger partial charge on any atom is -0.472 e. The number of primary amides is 1. The number of nitrogens with zero attached hydrogens (tertiary/aromatic N) is 2. The van der Waals surface area contributed by atoms with Gasteiger partial charge in [0.15, 0.2) is 0 Å². The lowest BCUT2D eigenvalue weighted by atomic mass is 10.1. The predicted octanol–water partition coefficient (Wildman–Crippen LogP) is 3.12. The highest BCUT2D eigenvalue weighted by atomic mass is 79.9. The molecule has 3 N–H and O–H groups in total. The first-order valence-corrected chi connectivity index (χ1v) is 10.5. The van der Waals surface area contributed by atoms with E-state index in [9.17, 15) is 23.2 Å². The van der Waals surface area contributed by atoms with Crippen LogP contribution in [-0.2, 0) is 18.0 Å². The largest absolute Gasteiger partial charge is 0.472 e. The number of rotatable bonds is 7. The Bertz CT molecular complexity index is 1330. The van der Waals surface area contributed by atoms with E-state index in [0.29, 0.717) is 5.56 Å². The summed E-state index contributed by atoms with van der Waals surface area (Å²) in [6.45, 7) is 0.958. The summed E-state index contributed by atoms with van der Waals surface area (Å²) in [7, 11) is 1.46. The summed E-state index contributed by atoms with van der Waals surface area (Å²) in [4.78, 5) is 40.7. The van der Waals surface area contributed by atoms with Gasteiger partial charge in [-0.15, -0.1) is 0 Å². The Morgan fingerprint density at radius 3 is 2.50 bits per heavy atom. The normalized spacial score (nSPS) is 10.6. The van der Waals surface area contributed by atoms with Gasteiger partial charge in [0.05, 0.1) is 5.69 Å². The number of hydrogen-bond donors (Lipinski definition) is 2. The molecule has 1 aromatic heterocycles. The number of ether oxygens (including phenoxy) is 2. The molecule has 0 spiro atoms. The molecule has 0 saturated carbocycles. The van der Waals surface area contributed by atoms with Crippen LogP contribution in [0.2, 0.25) is 0 Å². The molecule has 0 atom stereocenters. The average Bonchev–Trinajstić information content (AvgIpc) is 2.79. The zero-order chi connectivity index (χ0) is 25.0. The van der Waals surface area contributed by atoms with Crippen molar-refractivity contribution in [1.29, 1.82) is 0 Å². The van der Waals surface area contributed by atoms with Crippen molar-refractivity contribution in [3.63, 3.8) is 0 Å². The summed E-state index contributed by atoms with van der Waals surface area (Å²) in [6.07, 6.45) is -1.01. The van der Waals surface area contributed by atoms with Crippen LogP contribution in [0.25, 0.3) is 5.69 Å². The number of hydrogen-bond acceptors (Lipinski definition) is 6. The summed E-state index contributed by atoms with van der Waals surface area (Å²) in [5.74, 6) is -1.87. The highest BCUT2D eigenvalue weighted by Gasteiger charge is 2.20. The van der Waals surface area contributed by atoms with Gasteiger partial charge in [-0.1, -0.05) is 6.07 Å². The molecule has 12 heteroatoms. The van der Waals surface area contributed by atoms with Crippen LogP contribution < -0.4 is 21.3 Å². The van der Waals surface area contributed by atoms with E-state index in [-0.39, 0.29) is 46.2 Å². The van der Waals surface area contributed by atoms with E-state index in [1.807, 2.05) is 0 Å². The number of amides is 2. The van der Waals surface area contributed by atoms with Crippen LogP contribution >= 0.6 is 15.9 Å². The molecule has 2 aromatic carbocycles. The fraction of sp³-hybridized carbons (Fsp3) is 0.182. The van der Waals surface area contributed by atoms with E-state index < -0.39 is 29.2 Å². The SMILES string of the molecule is CNC(=O)c1ccc(COC(N)=O)c(-n2c(C)nc(OCc3ccc(F)cc3F)c(Br)c2=O)c1. The van der Waals surface area contributed by atoms with Gasteiger partial charge in [-0.25, -0.2) is 13.6 Å². The lowest BCUT2D eigenvalue weighted by Crippen LogP contribution is -2.26. The van der Waals surface area contributed by atoms with Gasteiger partial charge in [-0.05, 0) is 47.1 Å². The number of aryl methyl sites for hydroxylation is 1. The molecular formula is C22H19BrF2N4O5. The van der Waals surface area contributed by atoms with Crippen molar-refractivity contribution in [3.05, 3.63) is 85.4 Å². The molecule has 0 radical (unpaired) electrons. The summed E-state index contributed by atoms with van der Waals surface area (Å²) < 4.78 is 38.5. The third kappa shape index (κ3) is 5.39. The quantitative estimate of drug-likeness (QED) is 0.477. The third-order valence-electron chi connectivity index (χ3n) is 4.73. The molecule has 178 valence electrons. The monoisotopic (exact) mass is 536 g/mol. The Hall–Kier alpha value is -3.80. The molecule has 3 rings (SSSR count). The van der Waals surface area contributed by atoms with Gasteiger partial charge >= 0.3 is 6.09 Å². The highest BCUT2D eigenvalue weighted by molar-refractivity contribution is 9.10. The minimum atomic E-state index is -1.01. The number of halogens is 3. The van der Waals surface area contributed by atoms with Gasteiger partial charge in [0, 0.05) is 29.8 Å². The fourth-order valence-electron chi connectivity index (χ4n) is 3.08. The maximum Gasteiger partial charge on any atom is 0.404 e. The van der Waals surface area contributed by atoms with Gasteiger partial charge in [0.1, 0.15) is 35.1 Å². The molecule has 0 unspecified atom stereocenters. The van der Waals surface area contributed by atoms with Crippen molar-refractivity contribution >= 4 is 27.9 Å². The Kier molecular flexibility index (Phi) is 7.61. The molecule has 0 aliphatic carbocycles. The number of nitrogens with one attached hydrogen (secondary N) is 1. The Balaban J connectivity index is 2.04. The molecule has 0 aliphatic rings. The van der Waals surface area contributed by atoms with Crippen molar-refractivity contribution in [2.75, 3.05) is 7.05 Å². The van der Waals surface area contributed by atoms with Crippen LogP contribution in [0.5, 0.6) is 5.88 Å². The van der Waals surface area contributed by atoms with Crippen LogP contribution in [0.4, 0.5) is 13.6 Å². The van der Waals surface area contributed by atoms with Crippen molar-refractivity contribution in [3.8, 4) is 11.6 Å². The van der Waals surface area contributed by atoms with Crippen molar-refractivity contribution in [2.45, 2.75) is 20.1 Å². The molecule has 1 heterocycles. The molecule has 0 fully saturated rings. The molecule has 9 nitrogen and oxygen atoms in total. The average molecular weight is 537 g/mol. The first kappa shape index (κ1) is 24.8. The first-order chi connectivity index (χ1) is 16.1. The summed E-state index contributed by atoms with van der Waals surface area (Å²) in [6, 6.07) is 7.49. The maximum atomic E-state index is 13.9. The summed E-state index contributed by atoms with van der Waals surface area (Å²) in [5.41, 5.74) is 5.38. The first-order valence-electron chi connectivity index (χ1n) is 9.75. The highest BCUT2D eigenvalue weighted by Crippen LogP contribution is 2.24. The topological polar surface area (TPSA) is 126 Å². The van der Waals surface area contributed by atoms with Crippen molar-refractivity contribution in [2.24, 2.45) is 5.73 Å². The molecule has 34 heavy (non-hydrogen) atoms. The lowest BCUT2D eigenvalue weighted by Gasteiger charge is -2.17. The molecule has 2 amide bonds. The summed E-state index contributed by atoms with van der Waals surface area (Å²) >= 11 is 3.15. The van der Waals surface area contributed by atoms with Gasteiger partial charge in [-0.2, -0.15) is 4.98 Å². The van der Waals surface area contributed by atoms with E-state index in [1.54, 1.807) is 0 Å². The zero-order valence-corrected chi connectivity index (χ0v) is 19.6. The standard InChI is InChI=1S/C22H19BrF2N4O5/c1-11-28-20(33-9-13-5-6-15(24)8-16(13)25)18(23)21(31)29(11)17-7-12(19(30)27-2)3-4-14(17)10-34-22(26)32/h3-8H,9-10H2,1-2H3,(H2,26,32)(H,27,30). The van der Waals surface area contributed by atoms with E-state index in [4.69, 9.17) is 15.2 Å². The number of nitrogens with two attached hydrogens (primary N) is 1.